The maximum atomic E-state index is 9.51. The fourth-order valence-electron chi connectivity index (χ4n) is 1.89. The van der Waals surface area contributed by atoms with Crippen LogP contribution < -0.4 is 5.73 Å². The topological polar surface area (TPSA) is 59.1 Å². The number of fused-ring (bicyclic) bond motifs is 1. The molecule has 3 N–H and O–H groups in total. The lowest BCUT2D eigenvalue weighted by Crippen LogP contribution is -2.35. The quantitative estimate of drug-likeness (QED) is 0.855. The average Bonchev–Trinajstić information content (AvgIpc) is 2.78. The van der Waals surface area contributed by atoms with Crippen LogP contribution in [0, 0.1) is 5.41 Å². The molecule has 0 saturated heterocycles. The fraction of sp³-hybridized carbons (Fsp3) is 0.462. The van der Waals surface area contributed by atoms with Gasteiger partial charge in [-0.25, -0.2) is 4.98 Å². The van der Waals surface area contributed by atoms with E-state index in [1.54, 1.807) is 11.3 Å². The number of aliphatic hydroxyl groups is 1. The molecular formula is C13H18N2OS. The monoisotopic (exact) mass is 250 g/mol. The van der Waals surface area contributed by atoms with Gasteiger partial charge in [-0.15, -0.1) is 11.3 Å². The van der Waals surface area contributed by atoms with E-state index in [9.17, 15) is 5.11 Å². The average molecular weight is 250 g/mol. The third-order valence-corrected chi connectivity index (χ3v) is 4.42. The van der Waals surface area contributed by atoms with Crippen molar-refractivity contribution < 1.29 is 5.11 Å². The van der Waals surface area contributed by atoms with E-state index >= 15 is 0 Å². The van der Waals surface area contributed by atoms with Crippen LogP contribution in [0.3, 0.4) is 0 Å². The van der Waals surface area contributed by atoms with Crippen molar-refractivity contribution in [3.8, 4) is 0 Å². The van der Waals surface area contributed by atoms with Crippen molar-refractivity contribution in [3.63, 3.8) is 0 Å². The van der Waals surface area contributed by atoms with Gasteiger partial charge in [-0.05, 0) is 18.6 Å². The van der Waals surface area contributed by atoms with Crippen molar-refractivity contribution in [2.75, 3.05) is 13.2 Å². The van der Waals surface area contributed by atoms with E-state index in [1.165, 1.54) is 4.70 Å². The Morgan fingerprint density at radius 1 is 1.41 bits per heavy atom. The zero-order valence-corrected chi connectivity index (χ0v) is 10.8. The molecule has 0 fully saturated rings. The van der Waals surface area contributed by atoms with E-state index < -0.39 is 0 Å². The molecule has 0 spiro atoms. The molecule has 1 atom stereocenters. The summed E-state index contributed by atoms with van der Waals surface area (Å²) >= 11 is 1.69. The van der Waals surface area contributed by atoms with Gasteiger partial charge in [-0.3, -0.25) is 0 Å². The second-order valence-electron chi connectivity index (χ2n) is 4.47. The highest BCUT2D eigenvalue weighted by atomic mass is 32.1. The molecule has 1 aromatic carbocycles. The summed E-state index contributed by atoms with van der Waals surface area (Å²) in [6.45, 7) is 2.68. The Morgan fingerprint density at radius 3 is 2.76 bits per heavy atom. The van der Waals surface area contributed by atoms with Gasteiger partial charge in [0.05, 0.1) is 21.8 Å². The lowest BCUT2D eigenvalue weighted by Gasteiger charge is -2.27. The molecule has 0 aliphatic rings. The van der Waals surface area contributed by atoms with Crippen molar-refractivity contribution in [1.29, 1.82) is 0 Å². The molecule has 0 bridgehead atoms. The molecule has 1 heterocycles. The number of aliphatic hydroxyl groups excluding tert-OH is 1. The second kappa shape index (κ2) is 5.12. The van der Waals surface area contributed by atoms with Gasteiger partial charge in [0.1, 0.15) is 0 Å². The van der Waals surface area contributed by atoms with Crippen LogP contribution in [0.4, 0.5) is 0 Å². The van der Waals surface area contributed by atoms with Crippen molar-refractivity contribution >= 4 is 21.6 Å². The summed E-state index contributed by atoms with van der Waals surface area (Å²) < 4.78 is 1.20. The van der Waals surface area contributed by atoms with Gasteiger partial charge in [0.2, 0.25) is 0 Å². The Balaban J connectivity index is 2.28. The standard InChI is InChI=1S/C13H18N2OS/c1-2-13(8-14,9-16)7-12-15-10-5-3-4-6-11(10)17-12/h3-6,16H,2,7-9,14H2,1H3. The van der Waals surface area contributed by atoms with Gasteiger partial charge in [-0.1, -0.05) is 19.1 Å². The van der Waals surface area contributed by atoms with Crippen LogP contribution in [0.1, 0.15) is 18.4 Å². The highest BCUT2D eigenvalue weighted by Gasteiger charge is 2.27. The first-order chi connectivity index (χ1) is 8.23. The smallest absolute Gasteiger partial charge is 0.0945 e. The Hall–Kier alpha value is -0.970. The number of rotatable bonds is 5. The molecule has 0 aliphatic carbocycles. The summed E-state index contributed by atoms with van der Waals surface area (Å²) in [4.78, 5) is 4.59. The maximum Gasteiger partial charge on any atom is 0.0945 e. The zero-order chi connectivity index (χ0) is 12.3. The molecule has 1 unspecified atom stereocenters. The summed E-state index contributed by atoms with van der Waals surface area (Å²) in [5.41, 5.74) is 6.61. The zero-order valence-electron chi connectivity index (χ0n) is 10.0. The second-order valence-corrected chi connectivity index (χ2v) is 5.58. The number of para-hydroxylation sites is 1. The minimum absolute atomic E-state index is 0.121. The normalized spacial score (nSPS) is 15.0. The van der Waals surface area contributed by atoms with Crippen LogP contribution in [0.15, 0.2) is 24.3 Å². The Kier molecular flexibility index (Phi) is 3.76. The minimum Gasteiger partial charge on any atom is -0.396 e. The lowest BCUT2D eigenvalue weighted by molar-refractivity contribution is 0.127. The SMILES string of the molecule is CCC(CN)(CO)Cc1nc2ccccc2s1. The first-order valence-electron chi connectivity index (χ1n) is 5.88. The number of thiazole rings is 1. The van der Waals surface area contributed by atoms with Crippen molar-refractivity contribution in [2.24, 2.45) is 11.1 Å². The number of benzene rings is 1. The van der Waals surface area contributed by atoms with Gasteiger partial charge in [0.25, 0.3) is 0 Å². The molecule has 92 valence electrons. The minimum atomic E-state index is -0.214. The van der Waals surface area contributed by atoms with E-state index in [-0.39, 0.29) is 12.0 Å². The first kappa shape index (κ1) is 12.5. The molecule has 3 nitrogen and oxygen atoms in total. The molecule has 0 aliphatic heterocycles. The van der Waals surface area contributed by atoms with E-state index in [1.807, 2.05) is 18.2 Å². The molecule has 0 amide bonds. The molecule has 0 radical (unpaired) electrons. The third-order valence-electron chi connectivity index (χ3n) is 3.38. The summed E-state index contributed by atoms with van der Waals surface area (Å²) in [5, 5.41) is 10.6. The number of nitrogens with two attached hydrogens (primary N) is 1. The van der Waals surface area contributed by atoms with Gasteiger partial charge in [-0.2, -0.15) is 0 Å². The van der Waals surface area contributed by atoms with Crippen LogP contribution >= 0.6 is 11.3 Å². The summed E-state index contributed by atoms with van der Waals surface area (Å²) in [6, 6.07) is 8.11. The number of hydrogen-bond acceptors (Lipinski definition) is 4. The highest BCUT2D eigenvalue weighted by molar-refractivity contribution is 7.18. The number of nitrogens with zero attached hydrogens (tertiary/aromatic N) is 1. The van der Waals surface area contributed by atoms with Crippen LogP contribution in [0.25, 0.3) is 10.2 Å². The van der Waals surface area contributed by atoms with Crippen LogP contribution in [0.2, 0.25) is 0 Å². The molecule has 2 rings (SSSR count). The predicted molar refractivity (Wildman–Crippen MR) is 72.2 cm³/mol. The van der Waals surface area contributed by atoms with Gasteiger partial charge in [0.15, 0.2) is 0 Å². The van der Waals surface area contributed by atoms with Crippen molar-refractivity contribution in [3.05, 3.63) is 29.3 Å². The third kappa shape index (κ3) is 2.49. The lowest BCUT2D eigenvalue weighted by atomic mass is 9.83. The van der Waals surface area contributed by atoms with E-state index in [0.29, 0.717) is 6.54 Å². The molecule has 0 saturated carbocycles. The molecule has 17 heavy (non-hydrogen) atoms. The van der Waals surface area contributed by atoms with Gasteiger partial charge >= 0.3 is 0 Å². The van der Waals surface area contributed by atoms with Crippen LogP contribution in [-0.4, -0.2) is 23.2 Å². The molecule has 4 heteroatoms. The van der Waals surface area contributed by atoms with Crippen molar-refractivity contribution in [2.45, 2.75) is 19.8 Å². The Bertz CT molecular complexity index is 450. The summed E-state index contributed by atoms with van der Waals surface area (Å²) in [6.07, 6.45) is 1.63. The molecule has 1 aromatic heterocycles. The predicted octanol–water partition coefficient (Wildman–Crippen LogP) is 2.19. The van der Waals surface area contributed by atoms with E-state index in [0.717, 1.165) is 23.4 Å². The summed E-state index contributed by atoms with van der Waals surface area (Å²) in [5.74, 6) is 0. The van der Waals surface area contributed by atoms with Gasteiger partial charge in [0, 0.05) is 18.4 Å². The molecular weight excluding hydrogens is 232 g/mol. The number of aromatic nitrogens is 1. The Morgan fingerprint density at radius 2 is 2.18 bits per heavy atom. The van der Waals surface area contributed by atoms with Gasteiger partial charge < -0.3 is 10.8 Å². The largest absolute Gasteiger partial charge is 0.396 e. The van der Waals surface area contributed by atoms with E-state index in [2.05, 4.69) is 18.0 Å². The van der Waals surface area contributed by atoms with Crippen molar-refractivity contribution in [1.82, 2.24) is 4.98 Å². The van der Waals surface area contributed by atoms with E-state index in [4.69, 9.17) is 5.73 Å². The fourth-order valence-corrected chi connectivity index (χ4v) is 3.03. The number of hydrogen-bond donors (Lipinski definition) is 2. The summed E-state index contributed by atoms with van der Waals surface area (Å²) in [7, 11) is 0. The maximum absolute atomic E-state index is 9.51. The van der Waals surface area contributed by atoms with Crippen LogP contribution in [-0.2, 0) is 6.42 Å². The first-order valence-corrected chi connectivity index (χ1v) is 6.70. The highest BCUT2D eigenvalue weighted by Crippen LogP contribution is 2.30. The van der Waals surface area contributed by atoms with Crippen LogP contribution in [0.5, 0.6) is 0 Å². The Labute approximate surface area is 105 Å². The molecule has 2 aromatic rings.